The van der Waals surface area contributed by atoms with Crippen molar-refractivity contribution < 1.29 is 9.90 Å². The van der Waals surface area contributed by atoms with Gasteiger partial charge in [0.2, 0.25) is 0 Å². The van der Waals surface area contributed by atoms with Crippen LogP contribution in [0, 0.1) is 11.8 Å². The first kappa shape index (κ1) is 10.5. The first-order valence-electron chi connectivity index (χ1n) is 4.28. The summed E-state index contributed by atoms with van der Waals surface area (Å²) in [5, 5.41) is 8.53. The van der Waals surface area contributed by atoms with Gasteiger partial charge in [-0.3, -0.25) is 4.79 Å². The number of carboxylic acid groups (broad SMARTS) is 1. The largest absolute Gasteiger partial charge is 0.481 e. The van der Waals surface area contributed by atoms with Crippen LogP contribution in [0.2, 0.25) is 0 Å². The van der Waals surface area contributed by atoms with Gasteiger partial charge in [0.05, 0.1) is 0 Å². The molecule has 0 aromatic heterocycles. The molecule has 1 N–H and O–H groups in total. The van der Waals surface area contributed by atoms with E-state index < -0.39 is 5.97 Å². The Morgan fingerprint density at radius 1 is 1.45 bits per heavy atom. The van der Waals surface area contributed by atoms with Crippen molar-refractivity contribution in [3.63, 3.8) is 0 Å². The Morgan fingerprint density at radius 3 is 2.27 bits per heavy atom. The second-order valence-electron chi connectivity index (χ2n) is 3.50. The topological polar surface area (TPSA) is 37.3 Å². The number of hydrogen-bond acceptors (Lipinski definition) is 1. The van der Waals surface area contributed by atoms with Gasteiger partial charge in [-0.05, 0) is 18.3 Å². The highest BCUT2D eigenvalue weighted by atomic mass is 16.4. The van der Waals surface area contributed by atoms with Gasteiger partial charge in [0.15, 0.2) is 0 Å². The summed E-state index contributed by atoms with van der Waals surface area (Å²) in [6.45, 7) is 6.31. The second kappa shape index (κ2) is 5.16. The molecule has 1 unspecified atom stereocenters. The van der Waals surface area contributed by atoms with Gasteiger partial charge in [-0.1, -0.05) is 27.2 Å². The molecule has 0 saturated heterocycles. The van der Waals surface area contributed by atoms with Crippen LogP contribution in [0.3, 0.4) is 0 Å². The van der Waals surface area contributed by atoms with Crippen LogP contribution in [0.1, 0.15) is 40.0 Å². The Morgan fingerprint density at radius 2 is 2.00 bits per heavy atom. The van der Waals surface area contributed by atoms with Gasteiger partial charge in [-0.25, -0.2) is 0 Å². The highest BCUT2D eigenvalue weighted by molar-refractivity contribution is 5.66. The molecule has 0 aromatic carbocycles. The number of rotatable bonds is 5. The lowest BCUT2D eigenvalue weighted by molar-refractivity contribution is -0.138. The zero-order chi connectivity index (χ0) is 8.85. The molecule has 0 spiro atoms. The molecule has 1 atom stereocenters. The maximum atomic E-state index is 10.4. The van der Waals surface area contributed by atoms with Gasteiger partial charge in [-0.15, -0.1) is 0 Å². The Kier molecular flexibility index (Phi) is 4.92. The van der Waals surface area contributed by atoms with E-state index in [-0.39, 0.29) is 0 Å². The molecule has 0 saturated carbocycles. The van der Waals surface area contributed by atoms with Crippen LogP contribution in [0.4, 0.5) is 0 Å². The van der Waals surface area contributed by atoms with Crippen molar-refractivity contribution in [2.75, 3.05) is 0 Å². The lowest BCUT2D eigenvalue weighted by Gasteiger charge is -2.13. The van der Waals surface area contributed by atoms with E-state index in [2.05, 4.69) is 20.8 Å². The van der Waals surface area contributed by atoms with E-state index in [1.54, 1.807) is 0 Å². The van der Waals surface area contributed by atoms with Gasteiger partial charge in [0.25, 0.3) is 0 Å². The standard InChI is InChI=1S/C9H18O2/c1-4-8(5-7(2)3)6-9(10)11/h7-8H,4-6H2,1-3H3,(H,10,11). The monoisotopic (exact) mass is 158 g/mol. The predicted octanol–water partition coefficient (Wildman–Crippen LogP) is 2.53. The molecule has 0 aliphatic carbocycles. The van der Waals surface area contributed by atoms with Gasteiger partial charge < -0.3 is 5.11 Å². The van der Waals surface area contributed by atoms with E-state index in [4.69, 9.17) is 5.11 Å². The van der Waals surface area contributed by atoms with E-state index in [0.717, 1.165) is 12.8 Å². The summed E-state index contributed by atoms with van der Waals surface area (Å²) < 4.78 is 0. The number of carboxylic acids is 1. The summed E-state index contributed by atoms with van der Waals surface area (Å²) >= 11 is 0. The molecular weight excluding hydrogens is 140 g/mol. The molecule has 11 heavy (non-hydrogen) atoms. The Labute approximate surface area is 68.6 Å². The predicted molar refractivity (Wildman–Crippen MR) is 45.5 cm³/mol. The van der Waals surface area contributed by atoms with Crippen molar-refractivity contribution in [1.29, 1.82) is 0 Å². The maximum absolute atomic E-state index is 10.4. The number of carbonyl (C=O) groups is 1. The minimum atomic E-state index is -0.669. The average molecular weight is 158 g/mol. The summed E-state index contributed by atoms with van der Waals surface area (Å²) in [7, 11) is 0. The molecule has 2 heteroatoms. The fraction of sp³-hybridized carbons (Fsp3) is 0.889. The minimum Gasteiger partial charge on any atom is -0.481 e. The fourth-order valence-corrected chi connectivity index (χ4v) is 1.31. The molecule has 66 valence electrons. The average Bonchev–Trinajstić information content (AvgIpc) is 1.84. The smallest absolute Gasteiger partial charge is 0.303 e. The lowest BCUT2D eigenvalue weighted by atomic mass is 9.92. The Balaban J connectivity index is 3.66. The van der Waals surface area contributed by atoms with Gasteiger partial charge >= 0.3 is 5.97 Å². The van der Waals surface area contributed by atoms with E-state index in [1.807, 2.05) is 0 Å². The van der Waals surface area contributed by atoms with Crippen LogP contribution in [0.25, 0.3) is 0 Å². The molecule has 0 bridgehead atoms. The van der Waals surface area contributed by atoms with E-state index in [9.17, 15) is 4.79 Å². The summed E-state index contributed by atoms with van der Waals surface area (Å²) in [5.41, 5.74) is 0. The lowest BCUT2D eigenvalue weighted by Crippen LogP contribution is -2.09. The fourth-order valence-electron chi connectivity index (χ4n) is 1.31. The van der Waals surface area contributed by atoms with Gasteiger partial charge in [0, 0.05) is 6.42 Å². The molecule has 0 amide bonds. The molecular formula is C9H18O2. The van der Waals surface area contributed by atoms with Crippen molar-refractivity contribution in [3.8, 4) is 0 Å². The molecule has 0 heterocycles. The molecule has 0 fully saturated rings. The SMILES string of the molecule is CCC(CC(=O)O)CC(C)C. The van der Waals surface area contributed by atoms with E-state index >= 15 is 0 Å². The highest BCUT2D eigenvalue weighted by Crippen LogP contribution is 2.18. The third-order valence-corrected chi connectivity index (χ3v) is 1.85. The zero-order valence-electron chi connectivity index (χ0n) is 7.63. The molecule has 0 aromatic rings. The first-order valence-corrected chi connectivity index (χ1v) is 4.28. The van der Waals surface area contributed by atoms with Crippen LogP contribution >= 0.6 is 0 Å². The van der Waals surface area contributed by atoms with Gasteiger partial charge in [-0.2, -0.15) is 0 Å². The maximum Gasteiger partial charge on any atom is 0.303 e. The summed E-state index contributed by atoms with van der Waals surface area (Å²) in [6.07, 6.45) is 2.34. The highest BCUT2D eigenvalue weighted by Gasteiger charge is 2.11. The van der Waals surface area contributed by atoms with E-state index in [0.29, 0.717) is 18.3 Å². The Hall–Kier alpha value is -0.530. The van der Waals surface area contributed by atoms with Crippen LogP contribution in [0.15, 0.2) is 0 Å². The molecule has 0 aliphatic rings. The number of hydrogen-bond donors (Lipinski definition) is 1. The van der Waals surface area contributed by atoms with Crippen LogP contribution in [-0.4, -0.2) is 11.1 Å². The summed E-state index contributed by atoms with van der Waals surface area (Å²) in [5.74, 6) is 0.310. The number of aliphatic carboxylic acids is 1. The van der Waals surface area contributed by atoms with Crippen LogP contribution in [-0.2, 0) is 4.79 Å². The molecule has 0 radical (unpaired) electrons. The summed E-state index contributed by atoms with van der Waals surface area (Å²) in [6, 6.07) is 0. The van der Waals surface area contributed by atoms with Gasteiger partial charge in [0.1, 0.15) is 0 Å². The second-order valence-corrected chi connectivity index (χ2v) is 3.50. The van der Waals surface area contributed by atoms with Crippen molar-refractivity contribution in [3.05, 3.63) is 0 Å². The van der Waals surface area contributed by atoms with Crippen molar-refractivity contribution >= 4 is 5.97 Å². The summed E-state index contributed by atoms with van der Waals surface area (Å²) in [4.78, 5) is 10.4. The first-order chi connectivity index (χ1) is 5.06. The third kappa shape index (κ3) is 5.89. The van der Waals surface area contributed by atoms with Crippen LogP contribution < -0.4 is 0 Å². The molecule has 0 aliphatic heterocycles. The third-order valence-electron chi connectivity index (χ3n) is 1.85. The zero-order valence-corrected chi connectivity index (χ0v) is 7.63. The molecule has 0 rings (SSSR count). The molecule has 2 nitrogen and oxygen atoms in total. The van der Waals surface area contributed by atoms with Crippen LogP contribution in [0.5, 0.6) is 0 Å². The Bertz CT molecular complexity index is 119. The van der Waals surface area contributed by atoms with Crippen molar-refractivity contribution in [2.45, 2.75) is 40.0 Å². The van der Waals surface area contributed by atoms with E-state index in [1.165, 1.54) is 0 Å². The van der Waals surface area contributed by atoms with Crippen molar-refractivity contribution in [1.82, 2.24) is 0 Å². The normalized spacial score (nSPS) is 13.5. The quantitative estimate of drug-likeness (QED) is 0.667. The minimum absolute atomic E-state index is 0.328. The van der Waals surface area contributed by atoms with Crippen molar-refractivity contribution in [2.24, 2.45) is 11.8 Å².